The summed E-state index contributed by atoms with van der Waals surface area (Å²) in [6.07, 6.45) is 3.66. The summed E-state index contributed by atoms with van der Waals surface area (Å²) >= 11 is 0. The Morgan fingerprint density at radius 2 is 1.67 bits per heavy atom. The van der Waals surface area contributed by atoms with E-state index in [-0.39, 0.29) is 24.1 Å². The minimum Gasteiger partial charge on any atom is -0.355 e. The van der Waals surface area contributed by atoms with E-state index in [0.29, 0.717) is 0 Å². The molecule has 0 aromatic rings. The zero-order chi connectivity index (χ0) is 14.2. The van der Waals surface area contributed by atoms with Gasteiger partial charge in [0, 0.05) is 26.6 Å². The molecule has 0 saturated carbocycles. The SMILES string of the molecule is CCCC(CCC)C(=O)NCCS(=O)(=O)N(C)C. The second kappa shape index (κ2) is 8.48. The molecule has 6 heteroatoms. The molecular weight excluding hydrogens is 252 g/mol. The van der Waals surface area contributed by atoms with Gasteiger partial charge >= 0.3 is 0 Å². The number of hydrogen-bond acceptors (Lipinski definition) is 3. The standard InChI is InChI=1S/C12H26N2O3S/c1-5-7-11(8-6-2)12(15)13-9-10-18(16,17)14(3)4/h11H,5-10H2,1-4H3,(H,13,15). The molecule has 0 aromatic heterocycles. The Balaban J connectivity index is 4.16. The van der Waals surface area contributed by atoms with Crippen molar-refractivity contribution in [3.05, 3.63) is 0 Å². The molecule has 0 aliphatic heterocycles. The highest BCUT2D eigenvalue weighted by atomic mass is 32.2. The van der Waals surface area contributed by atoms with Crippen LogP contribution in [-0.4, -0.2) is 45.0 Å². The molecule has 0 heterocycles. The zero-order valence-electron chi connectivity index (χ0n) is 11.9. The topological polar surface area (TPSA) is 66.5 Å². The number of sulfonamides is 1. The fourth-order valence-electron chi connectivity index (χ4n) is 1.73. The molecule has 0 fully saturated rings. The molecule has 0 unspecified atom stereocenters. The van der Waals surface area contributed by atoms with Gasteiger partial charge in [-0.2, -0.15) is 0 Å². The smallest absolute Gasteiger partial charge is 0.223 e. The maximum atomic E-state index is 11.9. The van der Waals surface area contributed by atoms with Gasteiger partial charge in [0.1, 0.15) is 0 Å². The molecule has 0 atom stereocenters. The number of amides is 1. The van der Waals surface area contributed by atoms with Crippen LogP contribution in [0, 0.1) is 5.92 Å². The molecule has 0 aliphatic carbocycles. The summed E-state index contributed by atoms with van der Waals surface area (Å²) in [6.45, 7) is 4.28. The van der Waals surface area contributed by atoms with Crippen LogP contribution in [0.3, 0.4) is 0 Å². The van der Waals surface area contributed by atoms with Crippen molar-refractivity contribution in [3.8, 4) is 0 Å². The summed E-state index contributed by atoms with van der Waals surface area (Å²) in [4.78, 5) is 11.9. The van der Waals surface area contributed by atoms with Crippen molar-refractivity contribution in [2.75, 3.05) is 26.4 Å². The average molecular weight is 278 g/mol. The van der Waals surface area contributed by atoms with Gasteiger partial charge in [0.15, 0.2) is 0 Å². The lowest BCUT2D eigenvalue weighted by atomic mass is 9.97. The molecule has 0 spiro atoms. The molecule has 0 bridgehead atoms. The first-order valence-corrected chi connectivity index (χ1v) is 8.14. The van der Waals surface area contributed by atoms with E-state index in [1.165, 1.54) is 18.4 Å². The Kier molecular flexibility index (Phi) is 8.18. The molecule has 5 nitrogen and oxygen atoms in total. The molecule has 1 N–H and O–H groups in total. The third-order valence-corrected chi connectivity index (χ3v) is 4.69. The summed E-state index contributed by atoms with van der Waals surface area (Å²) in [6, 6.07) is 0. The minimum absolute atomic E-state index is 0.0158. The van der Waals surface area contributed by atoms with Gasteiger partial charge in [-0.05, 0) is 12.8 Å². The number of hydrogen-bond donors (Lipinski definition) is 1. The predicted octanol–water partition coefficient (Wildman–Crippen LogP) is 1.21. The van der Waals surface area contributed by atoms with Gasteiger partial charge in [-0.1, -0.05) is 26.7 Å². The van der Waals surface area contributed by atoms with Crippen LogP contribution < -0.4 is 5.32 Å². The van der Waals surface area contributed by atoms with E-state index < -0.39 is 10.0 Å². The molecule has 0 rings (SSSR count). The van der Waals surface area contributed by atoms with Gasteiger partial charge in [0.25, 0.3) is 0 Å². The van der Waals surface area contributed by atoms with Crippen LogP contribution in [0.5, 0.6) is 0 Å². The van der Waals surface area contributed by atoms with Crippen LogP contribution >= 0.6 is 0 Å². The highest BCUT2D eigenvalue weighted by Crippen LogP contribution is 2.13. The van der Waals surface area contributed by atoms with Crippen LogP contribution in [0.2, 0.25) is 0 Å². The number of carbonyl (C=O) groups excluding carboxylic acids is 1. The second-order valence-electron chi connectivity index (χ2n) is 4.66. The van der Waals surface area contributed by atoms with E-state index in [0.717, 1.165) is 25.7 Å². The minimum atomic E-state index is -3.23. The van der Waals surface area contributed by atoms with Crippen molar-refractivity contribution in [1.82, 2.24) is 9.62 Å². The first-order valence-electron chi connectivity index (χ1n) is 6.53. The van der Waals surface area contributed by atoms with Gasteiger partial charge in [-0.3, -0.25) is 4.79 Å². The number of nitrogens with one attached hydrogen (secondary N) is 1. The molecule has 0 radical (unpaired) electrons. The molecule has 0 saturated heterocycles. The Morgan fingerprint density at radius 1 is 1.17 bits per heavy atom. The van der Waals surface area contributed by atoms with E-state index >= 15 is 0 Å². The lowest BCUT2D eigenvalue weighted by molar-refractivity contribution is -0.125. The van der Waals surface area contributed by atoms with Crippen LogP contribution in [0.4, 0.5) is 0 Å². The highest BCUT2D eigenvalue weighted by Gasteiger charge is 2.18. The first kappa shape index (κ1) is 17.4. The van der Waals surface area contributed by atoms with Crippen molar-refractivity contribution in [1.29, 1.82) is 0 Å². The highest BCUT2D eigenvalue weighted by molar-refractivity contribution is 7.89. The van der Waals surface area contributed by atoms with Crippen LogP contribution in [0.25, 0.3) is 0 Å². The van der Waals surface area contributed by atoms with Crippen LogP contribution in [-0.2, 0) is 14.8 Å². The molecule has 1 amide bonds. The lowest BCUT2D eigenvalue weighted by Crippen LogP contribution is -2.36. The number of nitrogens with zero attached hydrogens (tertiary/aromatic N) is 1. The largest absolute Gasteiger partial charge is 0.355 e. The zero-order valence-corrected chi connectivity index (χ0v) is 12.7. The van der Waals surface area contributed by atoms with E-state index in [4.69, 9.17) is 0 Å². The second-order valence-corrected chi connectivity index (χ2v) is 6.97. The van der Waals surface area contributed by atoms with E-state index in [1.54, 1.807) is 0 Å². The van der Waals surface area contributed by atoms with Crippen LogP contribution in [0.1, 0.15) is 39.5 Å². The van der Waals surface area contributed by atoms with Gasteiger partial charge in [0.2, 0.25) is 15.9 Å². The predicted molar refractivity (Wildman–Crippen MR) is 73.8 cm³/mol. The Bertz CT molecular complexity index is 333. The molecule has 0 aliphatic rings. The van der Waals surface area contributed by atoms with Gasteiger partial charge in [-0.15, -0.1) is 0 Å². The fourth-order valence-corrected chi connectivity index (χ4v) is 2.46. The summed E-state index contributed by atoms with van der Waals surface area (Å²) in [5, 5.41) is 2.72. The first-order chi connectivity index (χ1) is 8.35. The summed E-state index contributed by atoms with van der Waals surface area (Å²) < 4.78 is 24.2. The quantitative estimate of drug-likeness (QED) is 0.689. The lowest BCUT2D eigenvalue weighted by Gasteiger charge is -2.16. The molecule has 18 heavy (non-hydrogen) atoms. The molecule has 108 valence electrons. The van der Waals surface area contributed by atoms with Crippen molar-refractivity contribution in [2.45, 2.75) is 39.5 Å². The van der Waals surface area contributed by atoms with Crippen molar-refractivity contribution in [3.63, 3.8) is 0 Å². The normalized spacial score (nSPS) is 12.1. The number of carbonyl (C=O) groups is 1. The van der Waals surface area contributed by atoms with Gasteiger partial charge < -0.3 is 5.32 Å². The summed E-state index contributed by atoms with van der Waals surface area (Å²) in [7, 11) is -0.237. The third kappa shape index (κ3) is 6.35. The van der Waals surface area contributed by atoms with E-state index in [1.807, 2.05) is 13.8 Å². The van der Waals surface area contributed by atoms with Crippen molar-refractivity contribution >= 4 is 15.9 Å². The summed E-state index contributed by atoms with van der Waals surface area (Å²) in [5.74, 6) is -0.0498. The van der Waals surface area contributed by atoms with Crippen LogP contribution in [0.15, 0.2) is 0 Å². The Labute approximate surface area is 111 Å². The Morgan fingerprint density at radius 3 is 2.06 bits per heavy atom. The van der Waals surface area contributed by atoms with Gasteiger partial charge in [0.05, 0.1) is 5.75 Å². The van der Waals surface area contributed by atoms with Gasteiger partial charge in [-0.25, -0.2) is 12.7 Å². The van der Waals surface area contributed by atoms with E-state index in [2.05, 4.69) is 5.32 Å². The number of rotatable bonds is 9. The van der Waals surface area contributed by atoms with E-state index in [9.17, 15) is 13.2 Å². The van der Waals surface area contributed by atoms with Crippen molar-refractivity contribution < 1.29 is 13.2 Å². The Hall–Kier alpha value is -0.620. The molecule has 0 aromatic carbocycles. The fraction of sp³-hybridized carbons (Fsp3) is 0.917. The molecular formula is C12H26N2O3S. The average Bonchev–Trinajstić information content (AvgIpc) is 2.28. The monoisotopic (exact) mass is 278 g/mol. The third-order valence-electron chi connectivity index (χ3n) is 2.86. The maximum absolute atomic E-state index is 11.9. The van der Waals surface area contributed by atoms with Crippen molar-refractivity contribution in [2.24, 2.45) is 5.92 Å². The maximum Gasteiger partial charge on any atom is 0.223 e. The summed E-state index contributed by atoms with van der Waals surface area (Å²) in [5.41, 5.74) is 0.